The number of carboxylic acids is 1. The molecule has 1 atom stereocenters. The van der Waals surface area contributed by atoms with Gasteiger partial charge in [0.15, 0.2) is 6.10 Å². The van der Waals surface area contributed by atoms with E-state index in [2.05, 4.69) is 4.89 Å². The van der Waals surface area contributed by atoms with Crippen molar-refractivity contribution in [3.05, 3.63) is 0 Å². The Morgan fingerprint density at radius 2 is 2.00 bits per heavy atom. The molecule has 0 spiro atoms. The summed E-state index contributed by atoms with van der Waals surface area (Å²) in [7, 11) is 0. The topological polar surface area (TPSA) is 104 Å². The van der Waals surface area contributed by atoms with Gasteiger partial charge in [-0.1, -0.05) is 0 Å². The molecule has 3 N–H and O–H groups in total. The number of carbonyl (C=O) groups is 2. The summed E-state index contributed by atoms with van der Waals surface area (Å²) in [6.07, 6.45) is -2.58. The van der Waals surface area contributed by atoms with E-state index in [1.54, 1.807) is 0 Å². The molecule has 0 aromatic heterocycles. The van der Waals surface area contributed by atoms with Crippen molar-refractivity contribution in [1.29, 1.82) is 0 Å². The molecule has 62 valence electrons. The maximum Gasteiger partial charge on any atom is 2.00 e. The summed E-state index contributed by atoms with van der Waals surface area (Å²) in [5.41, 5.74) is 0. The Morgan fingerprint density at radius 1 is 1.55 bits per heavy atom. The zero-order valence-electron chi connectivity index (χ0n) is 7.56. The number of carbonyl (C=O) groups excluding carboxylic acids is 1. The van der Waals surface area contributed by atoms with E-state index < -0.39 is 24.5 Å². The first kappa shape index (κ1) is 13.2. The monoisotopic (exact) mass is 176 g/mol. The zero-order chi connectivity index (χ0) is 8.15. The predicted octanol–water partition coefficient (Wildman–Crippen LogP) is -1.32. The Bertz CT molecular complexity index is 154. The van der Waals surface area contributed by atoms with Crippen LogP contribution in [0.2, 0.25) is 0 Å². The van der Waals surface area contributed by atoms with E-state index >= 15 is 0 Å². The number of aliphatic hydroxyl groups is 1. The summed E-state index contributed by atoms with van der Waals surface area (Å²) < 4.78 is 0. The average molecular weight is 176 g/mol. The van der Waals surface area contributed by atoms with E-state index in [1.807, 2.05) is 0 Å². The number of hydrogen-bond donors (Lipinski definition) is 3. The molecule has 0 rings (SSSR count). The molecule has 11 heavy (non-hydrogen) atoms. The van der Waals surface area contributed by atoms with Gasteiger partial charge in [-0.25, -0.2) is 4.79 Å². The van der Waals surface area contributed by atoms with E-state index in [4.69, 9.17) is 15.5 Å². The molecule has 0 aromatic rings. The van der Waals surface area contributed by atoms with Crippen LogP contribution in [-0.4, -0.2) is 56.6 Å². The Labute approximate surface area is 80.8 Å². The number of carboxylic acid groups (broad SMARTS) is 1. The minimum Gasteiger partial charge on any atom is -1.00 e. The minimum absolute atomic E-state index is 0. The Hall–Kier alpha value is -0.374. The van der Waals surface area contributed by atoms with Gasteiger partial charge in [0.2, 0.25) is 0 Å². The fraction of sp³-hybridized carbons (Fsp3) is 0.500. The van der Waals surface area contributed by atoms with Gasteiger partial charge in [-0.15, -0.1) is 0 Å². The van der Waals surface area contributed by atoms with Gasteiger partial charge in [0, 0.05) is 0 Å². The van der Waals surface area contributed by atoms with Crippen LogP contribution < -0.4 is 0 Å². The number of aliphatic hydroxyl groups excluding tert-OH is 1. The van der Waals surface area contributed by atoms with Crippen molar-refractivity contribution < 1.29 is 32.8 Å². The summed E-state index contributed by atoms with van der Waals surface area (Å²) >= 11 is 0. The van der Waals surface area contributed by atoms with Crippen LogP contribution in [0.25, 0.3) is 0 Å². The van der Waals surface area contributed by atoms with E-state index in [0.717, 1.165) is 0 Å². The number of rotatable bonds is 3. The zero-order valence-corrected chi connectivity index (χ0v) is 6.97. The summed E-state index contributed by atoms with van der Waals surface area (Å²) in [5.74, 6) is -2.72. The Morgan fingerprint density at radius 3 is 2.27 bits per heavy atom. The molecular formula is C4H8MgO6. The van der Waals surface area contributed by atoms with Crippen LogP contribution in [-0.2, 0) is 14.5 Å². The van der Waals surface area contributed by atoms with Gasteiger partial charge in [-0.2, -0.15) is 5.26 Å². The van der Waals surface area contributed by atoms with Crippen molar-refractivity contribution >= 4 is 35.0 Å². The SMILES string of the molecule is O=C(O)CC(O)C(=O)OO.[H-].[H-].[Mg+2]. The third-order valence-corrected chi connectivity index (χ3v) is 0.730. The number of hydrogen-bond acceptors (Lipinski definition) is 5. The maximum absolute atomic E-state index is 10.1. The summed E-state index contributed by atoms with van der Waals surface area (Å²) in [6.45, 7) is 0. The van der Waals surface area contributed by atoms with E-state index in [1.165, 1.54) is 0 Å². The van der Waals surface area contributed by atoms with Crippen molar-refractivity contribution in [2.45, 2.75) is 12.5 Å². The van der Waals surface area contributed by atoms with Crippen LogP contribution >= 0.6 is 0 Å². The van der Waals surface area contributed by atoms with Crippen molar-refractivity contribution in [3.63, 3.8) is 0 Å². The Kier molecular flexibility index (Phi) is 7.63. The molecule has 0 aliphatic rings. The molecule has 0 amide bonds. The third-order valence-electron chi connectivity index (χ3n) is 0.730. The first-order valence-corrected chi connectivity index (χ1v) is 2.33. The normalized spacial score (nSPS) is 11.1. The standard InChI is InChI=1S/C4H6O6.Mg.2H/c5-2(1-3(6)7)4(8)10-9;;;/h2,5,9H,1H2,(H,6,7);;;/q;+2;2*-1. The molecule has 6 nitrogen and oxygen atoms in total. The second-order valence-corrected chi connectivity index (χ2v) is 1.52. The molecule has 0 aromatic carbocycles. The molecule has 7 heteroatoms. The second-order valence-electron chi connectivity index (χ2n) is 1.52. The van der Waals surface area contributed by atoms with Gasteiger partial charge in [0.1, 0.15) is 0 Å². The second kappa shape index (κ2) is 6.34. The Balaban J connectivity index is -0.000000135. The molecule has 0 fully saturated rings. The van der Waals surface area contributed by atoms with Gasteiger partial charge in [-0.05, 0) is 0 Å². The fourth-order valence-electron chi connectivity index (χ4n) is 0.310. The summed E-state index contributed by atoms with van der Waals surface area (Å²) in [4.78, 5) is 22.9. The first-order valence-electron chi connectivity index (χ1n) is 2.33. The van der Waals surface area contributed by atoms with Crippen LogP contribution in [0.1, 0.15) is 9.27 Å². The van der Waals surface area contributed by atoms with Gasteiger partial charge in [0.05, 0.1) is 6.42 Å². The number of aliphatic carboxylic acids is 1. The van der Waals surface area contributed by atoms with Crippen LogP contribution in [0.5, 0.6) is 0 Å². The molecule has 1 unspecified atom stereocenters. The predicted molar refractivity (Wildman–Crippen MR) is 35.0 cm³/mol. The molecule has 0 aliphatic heterocycles. The van der Waals surface area contributed by atoms with Gasteiger partial charge in [-0.3, -0.25) is 9.68 Å². The van der Waals surface area contributed by atoms with Crippen LogP contribution in [0.15, 0.2) is 0 Å². The summed E-state index contributed by atoms with van der Waals surface area (Å²) in [5, 5.41) is 24.1. The van der Waals surface area contributed by atoms with Crippen molar-refractivity contribution in [2.75, 3.05) is 0 Å². The maximum atomic E-state index is 10.1. The molecule has 0 radical (unpaired) electrons. The van der Waals surface area contributed by atoms with Gasteiger partial charge < -0.3 is 13.1 Å². The largest absolute Gasteiger partial charge is 2.00 e. The van der Waals surface area contributed by atoms with E-state index in [9.17, 15) is 9.59 Å². The average Bonchev–Trinajstić information content (AvgIpc) is 1.85. The fourth-order valence-corrected chi connectivity index (χ4v) is 0.310. The third kappa shape index (κ3) is 6.04. The molecular weight excluding hydrogens is 168 g/mol. The van der Waals surface area contributed by atoms with Crippen molar-refractivity contribution in [1.82, 2.24) is 0 Å². The van der Waals surface area contributed by atoms with Crippen molar-refractivity contribution in [3.8, 4) is 0 Å². The minimum atomic E-state index is -1.80. The van der Waals surface area contributed by atoms with Crippen LogP contribution in [0.4, 0.5) is 0 Å². The molecule has 0 aliphatic carbocycles. The van der Waals surface area contributed by atoms with Crippen LogP contribution in [0.3, 0.4) is 0 Å². The molecule has 0 bridgehead atoms. The van der Waals surface area contributed by atoms with E-state index in [0.29, 0.717) is 0 Å². The molecule has 0 saturated carbocycles. The van der Waals surface area contributed by atoms with Gasteiger partial charge in [0.25, 0.3) is 0 Å². The van der Waals surface area contributed by atoms with E-state index in [-0.39, 0.29) is 25.9 Å². The molecule has 0 heterocycles. The quantitative estimate of drug-likeness (QED) is 0.280. The summed E-state index contributed by atoms with van der Waals surface area (Å²) in [6, 6.07) is 0. The molecule has 0 saturated heterocycles. The van der Waals surface area contributed by atoms with Gasteiger partial charge >= 0.3 is 35.0 Å². The first-order chi connectivity index (χ1) is 4.57. The van der Waals surface area contributed by atoms with Crippen LogP contribution in [0, 0.1) is 0 Å². The van der Waals surface area contributed by atoms with Crippen molar-refractivity contribution in [2.24, 2.45) is 0 Å². The smallest absolute Gasteiger partial charge is 1.00 e.